The third kappa shape index (κ3) is 6.05. The van der Waals surface area contributed by atoms with Gasteiger partial charge >= 0.3 is 35.5 Å². The number of aromatic carboxylic acids is 1. The molecule has 0 saturated carbocycles. The third-order valence-corrected chi connectivity index (χ3v) is 4.15. The molecule has 25 heavy (non-hydrogen) atoms. The van der Waals surface area contributed by atoms with Crippen LogP contribution in [-0.2, 0) is 10.1 Å². The van der Waals surface area contributed by atoms with E-state index in [1.807, 2.05) is 36.4 Å². The Morgan fingerprint density at radius 2 is 1.76 bits per heavy atom. The number of para-hydroxylation sites is 1. The summed E-state index contributed by atoms with van der Waals surface area (Å²) in [7, 11) is -3.92. The van der Waals surface area contributed by atoms with Crippen LogP contribution in [0.3, 0.4) is 0 Å². The van der Waals surface area contributed by atoms with Gasteiger partial charge in [-0.15, -0.1) is 0 Å². The van der Waals surface area contributed by atoms with Gasteiger partial charge in [-0.2, -0.15) is 0 Å². The van der Waals surface area contributed by atoms with Gasteiger partial charge in [0.15, 0.2) is 0 Å². The standard InChI is InChI=1S/C14H9NO2.C3H8O3S.Na/c16-14(17)10-5-3-7-13-11(10)8-9-4-1-2-6-12(9)15-13;1-2-3-7(4,5)6;/h1-8H,(H,16,17);2-3H2,1H3,(H,4,5,6);/q;;+1/p-1. The molecule has 0 bridgehead atoms. The molecular formula is C17H16NNaO5S. The van der Waals surface area contributed by atoms with E-state index < -0.39 is 16.1 Å². The molecule has 0 aliphatic heterocycles. The van der Waals surface area contributed by atoms with Gasteiger partial charge < -0.3 is 9.66 Å². The Labute approximate surface area is 167 Å². The predicted octanol–water partition coefficient (Wildman–Crippen LogP) is 0.0318. The van der Waals surface area contributed by atoms with Crippen LogP contribution in [0.5, 0.6) is 0 Å². The fraction of sp³-hybridized carbons (Fsp3) is 0.176. The van der Waals surface area contributed by atoms with Crippen LogP contribution in [-0.4, -0.2) is 34.8 Å². The van der Waals surface area contributed by atoms with Crippen molar-refractivity contribution in [2.45, 2.75) is 13.3 Å². The number of carbonyl (C=O) groups is 1. The van der Waals surface area contributed by atoms with Gasteiger partial charge in [-0.05, 0) is 30.7 Å². The van der Waals surface area contributed by atoms with Gasteiger partial charge in [0, 0.05) is 16.5 Å². The first-order valence-corrected chi connectivity index (χ1v) is 8.85. The molecule has 3 aromatic rings. The summed E-state index contributed by atoms with van der Waals surface area (Å²) in [6, 6.07) is 14.7. The van der Waals surface area contributed by atoms with Gasteiger partial charge in [0.25, 0.3) is 0 Å². The maximum Gasteiger partial charge on any atom is 1.00 e. The molecule has 0 atom stereocenters. The number of carboxylic acids is 1. The number of aromatic nitrogens is 1. The number of carboxylic acid groups (broad SMARTS) is 1. The number of benzene rings is 2. The molecular weight excluding hydrogens is 353 g/mol. The van der Waals surface area contributed by atoms with Crippen molar-refractivity contribution < 1.29 is 52.4 Å². The zero-order chi connectivity index (χ0) is 17.7. The summed E-state index contributed by atoms with van der Waals surface area (Å²) in [5.41, 5.74) is 1.88. The topological polar surface area (TPSA) is 107 Å². The Morgan fingerprint density at radius 3 is 2.32 bits per heavy atom. The molecule has 0 unspecified atom stereocenters. The van der Waals surface area contributed by atoms with Crippen LogP contribution in [0.25, 0.3) is 21.8 Å². The minimum absolute atomic E-state index is 0. The van der Waals surface area contributed by atoms with E-state index in [0.717, 1.165) is 10.9 Å². The summed E-state index contributed by atoms with van der Waals surface area (Å²) >= 11 is 0. The number of fused-ring (bicyclic) bond motifs is 2. The van der Waals surface area contributed by atoms with Crippen molar-refractivity contribution in [1.82, 2.24) is 4.98 Å². The van der Waals surface area contributed by atoms with Crippen molar-refractivity contribution in [1.29, 1.82) is 0 Å². The average molecular weight is 369 g/mol. The maximum atomic E-state index is 11.1. The summed E-state index contributed by atoms with van der Waals surface area (Å²) in [5.74, 6) is -1.17. The molecule has 8 heteroatoms. The molecule has 1 N–H and O–H groups in total. The van der Waals surface area contributed by atoms with E-state index in [1.165, 1.54) is 0 Å². The fourth-order valence-electron chi connectivity index (χ4n) is 2.24. The number of hydrogen-bond donors (Lipinski definition) is 1. The Hall–Kier alpha value is -1.51. The Balaban J connectivity index is 0.000000339. The molecule has 0 saturated heterocycles. The SMILES string of the molecule is CCCS(=O)(=O)[O-].O=C(O)c1cccc2nc3ccccc3cc12.[Na+]. The van der Waals surface area contributed by atoms with Gasteiger partial charge in [-0.25, -0.2) is 18.2 Å². The molecule has 1 aromatic heterocycles. The van der Waals surface area contributed by atoms with Crippen LogP contribution < -0.4 is 29.6 Å². The van der Waals surface area contributed by atoms with Crippen molar-refractivity contribution >= 4 is 37.9 Å². The van der Waals surface area contributed by atoms with Gasteiger partial charge in [-0.3, -0.25) is 0 Å². The van der Waals surface area contributed by atoms with E-state index in [9.17, 15) is 17.8 Å². The quantitative estimate of drug-likeness (QED) is 0.397. The number of rotatable bonds is 3. The van der Waals surface area contributed by atoms with Gasteiger partial charge in [0.2, 0.25) is 0 Å². The molecule has 0 spiro atoms. The number of pyridine rings is 1. The largest absolute Gasteiger partial charge is 1.00 e. The van der Waals surface area contributed by atoms with E-state index >= 15 is 0 Å². The molecule has 0 aliphatic carbocycles. The normalized spacial score (nSPS) is 10.6. The summed E-state index contributed by atoms with van der Waals surface area (Å²) in [5, 5.41) is 10.8. The van der Waals surface area contributed by atoms with Gasteiger partial charge in [0.05, 0.1) is 26.7 Å². The monoisotopic (exact) mass is 369 g/mol. The molecule has 0 radical (unpaired) electrons. The first-order valence-electron chi connectivity index (χ1n) is 7.27. The minimum Gasteiger partial charge on any atom is -0.748 e. The molecule has 6 nitrogen and oxygen atoms in total. The smallest absolute Gasteiger partial charge is 0.748 e. The van der Waals surface area contributed by atoms with Crippen LogP contribution in [0, 0.1) is 0 Å². The van der Waals surface area contributed by atoms with Crippen LogP contribution in [0.15, 0.2) is 48.5 Å². The number of nitrogens with zero attached hydrogens (tertiary/aromatic N) is 1. The van der Waals surface area contributed by atoms with Crippen molar-refractivity contribution in [2.24, 2.45) is 0 Å². The van der Waals surface area contributed by atoms with Crippen LogP contribution in [0.1, 0.15) is 23.7 Å². The minimum atomic E-state index is -3.92. The van der Waals surface area contributed by atoms with E-state index in [0.29, 0.717) is 22.9 Å². The first kappa shape index (κ1) is 21.5. The molecule has 1 heterocycles. The second-order valence-electron chi connectivity index (χ2n) is 5.12. The summed E-state index contributed by atoms with van der Waals surface area (Å²) < 4.78 is 29.0. The second kappa shape index (κ2) is 9.26. The summed E-state index contributed by atoms with van der Waals surface area (Å²) in [6.07, 6.45) is 0.409. The second-order valence-corrected chi connectivity index (χ2v) is 6.64. The van der Waals surface area contributed by atoms with Crippen LogP contribution in [0.2, 0.25) is 0 Å². The van der Waals surface area contributed by atoms with Crippen LogP contribution >= 0.6 is 0 Å². The summed E-state index contributed by atoms with van der Waals surface area (Å²) in [4.78, 5) is 15.6. The first-order chi connectivity index (χ1) is 11.3. The molecule has 0 aliphatic rings. The van der Waals surface area contributed by atoms with E-state index in [4.69, 9.17) is 5.11 Å². The Bertz CT molecular complexity index is 989. The van der Waals surface area contributed by atoms with E-state index in [1.54, 1.807) is 19.1 Å². The van der Waals surface area contributed by atoms with Crippen LogP contribution in [0.4, 0.5) is 0 Å². The average Bonchev–Trinajstić information content (AvgIpc) is 2.51. The zero-order valence-electron chi connectivity index (χ0n) is 14.0. The molecule has 2 aromatic carbocycles. The van der Waals surface area contributed by atoms with Crippen molar-refractivity contribution in [3.05, 3.63) is 54.1 Å². The van der Waals surface area contributed by atoms with Gasteiger partial charge in [0.1, 0.15) is 0 Å². The van der Waals surface area contributed by atoms with E-state index in [2.05, 4.69) is 4.98 Å². The molecule has 0 amide bonds. The summed E-state index contributed by atoms with van der Waals surface area (Å²) in [6.45, 7) is 1.65. The van der Waals surface area contributed by atoms with Gasteiger partial charge in [-0.1, -0.05) is 31.2 Å². The fourth-order valence-corrected chi connectivity index (χ4v) is 2.74. The predicted molar refractivity (Wildman–Crippen MR) is 91.1 cm³/mol. The molecule has 0 fully saturated rings. The third-order valence-electron chi connectivity index (χ3n) is 3.25. The molecule has 3 rings (SSSR count). The van der Waals surface area contributed by atoms with E-state index in [-0.39, 0.29) is 35.3 Å². The van der Waals surface area contributed by atoms with Crippen molar-refractivity contribution in [3.63, 3.8) is 0 Å². The molecule has 126 valence electrons. The Morgan fingerprint density at radius 1 is 1.12 bits per heavy atom. The number of hydrogen-bond acceptors (Lipinski definition) is 5. The zero-order valence-corrected chi connectivity index (χ0v) is 16.8. The maximum absolute atomic E-state index is 11.1. The van der Waals surface area contributed by atoms with Crippen molar-refractivity contribution in [2.75, 3.05) is 5.75 Å². The van der Waals surface area contributed by atoms with Crippen molar-refractivity contribution in [3.8, 4) is 0 Å². The Kier molecular flexibility index (Phi) is 7.98.